The molecular formula is C32H27F5. The Balaban J connectivity index is 1.45. The average Bonchev–Trinajstić information content (AvgIpc) is 2.87. The second-order valence-corrected chi connectivity index (χ2v) is 9.19. The predicted octanol–water partition coefficient (Wildman–Crippen LogP) is 9.05. The molecule has 4 aromatic carbocycles. The molecule has 0 saturated carbocycles. The maximum Gasteiger partial charge on any atom is 0.419 e. The van der Waals surface area contributed by atoms with Crippen molar-refractivity contribution >= 4 is 10.8 Å². The van der Waals surface area contributed by atoms with Gasteiger partial charge in [0, 0.05) is 16.5 Å². The van der Waals surface area contributed by atoms with E-state index in [1.165, 1.54) is 30.9 Å². The molecule has 190 valence electrons. The Morgan fingerprint density at radius 2 is 1.38 bits per heavy atom. The minimum absolute atomic E-state index is 0.221. The van der Waals surface area contributed by atoms with Crippen molar-refractivity contribution in [3.63, 3.8) is 0 Å². The molecular weight excluding hydrogens is 479 g/mol. The van der Waals surface area contributed by atoms with Crippen LogP contribution in [0.15, 0.2) is 72.8 Å². The first-order valence-electron chi connectivity index (χ1n) is 12.4. The van der Waals surface area contributed by atoms with E-state index in [9.17, 15) is 17.6 Å². The molecule has 37 heavy (non-hydrogen) atoms. The summed E-state index contributed by atoms with van der Waals surface area (Å²) in [7, 11) is 0. The maximum atomic E-state index is 15.1. The molecule has 0 spiro atoms. The quantitative estimate of drug-likeness (QED) is 0.133. The lowest BCUT2D eigenvalue weighted by atomic mass is 9.98. The molecule has 0 amide bonds. The molecule has 0 unspecified atom stereocenters. The van der Waals surface area contributed by atoms with Crippen LogP contribution in [0.5, 0.6) is 0 Å². The van der Waals surface area contributed by atoms with E-state index in [2.05, 4.69) is 30.9 Å². The Labute approximate surface area is 214 Å². The van der Waals surface area contributed by atoms with Crippen LogP contribution < -0.4 is 0 Å². The SMILES string of the molecule is CCCCCc1ccc(C#Cc2ccc3c(F)c(CCc4ccc(C(F)(F)F)c(F)c4)ccc3c2)cc1. The highest BCUT2D eigenvalue weighted by atomic mass is 19.4. The summed E-state index contributed by atoms with van der Waals surface area (Å²) in [5.41, 5.74) is 2.49. The minimum Gasteiger partial charge on any atom is -0.206 e. The number of rotatable bonds is 7. The van der Waals surface area contributed by atoms with E-state index in [4.69, 9.17) is 0 Å². The van der Waals surface area contributed by atoms with Gasteiger partial charge in [0.15, 0.2) is 0 Å². The van der Waals surface area contributed by atoms with E-state index in [1.807, 2.05) is 18.2 Å². The smallest absolute Gasteiger partial charge is 0.206 e. The molecule has 0 saturated heterocycles. The van der Waals surface area contributed by atoms with Crippen molar-refractivity contribution in [1.82, 2.24) is 0 Å². The van der Waals surface area contributed by atoms with Gasteiger partial charge in [-0.25, -0.2) is 8.78 Å². The van der Waals surface area contributed by atoms with Gasteiger partial charge in [-0.3, -0.25) is 0 Å². The molecule has 4 aromatic rings. The van der Waals surface area contributed by atoms with Crippen molar-refractivity contribution in [2.75, 3.05) is 0 Å². The van der Waals surface area contributed by atoms with Crippen molar-refractivity contribution in [3.8, 4) is 11.8 Å². The van der Waals surface area contributed by atoms with Gasteiger partial charge in [-0.05, 0) is 84.2 Å². The van der Waals surface area contributed by atoms with Crippen LogP contribution in [0.2, 0.25) is 0 Å². The second-order valence-electron chi connectivity index (χ2n) is 9.19. The van der Waals surface area contributed by atoms with Crippen LogP contribution in [0.25, 0.3) is 10.8 Å². The van der Waals surface area contributed by atoms with E-state index in [0.717, 1.165) is 29.7 Å². The molecule has 5 heteroatoms. The Bertz CT molecular complexity index is 1440. The first kappa shape index (κ1) is 26.4. The summed E-state index contributed by atoms with van der Waals surface area (Å²) < 4.78 is 67.3. The fourth-order valence-electron chi connectivity index (χ4n) is 4.31. The zero-order chi connectivity index (χ0) is 26.4. The Morgan fingerprint density at radius 1 is 0.676 bits per heavy atom. The number of halogens is 5. The lowest BCUT2D eigenvalue weighted by molar-refractivity contribution is -0.140. The highest BCUT2D eigenvalue weighted by Gasteiger charge is 2.33. The van der Waals surface area contributed by atoms with Crippen LogP contribution in [0.4, 0.5) is 22.0 Å². The zero-order valence-corrected chi connectivity index (χ0v) is 20.6. The number of aryl methyl sites for hydroxylation is 3. The van der Waals surface area contributed by atoms with E-state index < -0.39 is 17.6 Å². The van der Waals surface area contributed by atoms with Gasteiger partial charge in [0.05, 0.1) is 5.56 Å². The van der Waals surface area contributed by atoms with Crippen molar-refractivity contribution in [3.05, 3.63) is 118 Å². The first-order chi connectivity index (χ1) is 17.7. The summed E-state index contributed by atoms with van der Waals surface area (Å²) >= 11 is 0. The molecule has 0 radical (unpaired) electrons. The molecule has 0 fully saturated rings. The van der Waals surface area contributed by atoms with Gasteiger partial charge >= 0.3 is 6.18 Å². The Hall–Kier alpha value is -3.65. The van der Waals surface area contributed by atoms with E-state index in [-0.39, 0.29) is 18.7 Å². The number of hydrogen-bond acceptors (Lipinski definition) is 0. The third kappa shape index (κ3) is 6.77. The number of alkyl halides is 3. The Morgan fingerprint density at radius 3 is 2.08 bits per heavy atom. The van der Waals surface area contributed by atoms with Crippen molar-refractivity contribution < 1.29 is 22.0 Å². The number of hydrogen-bond donors (Lipinski definition) is 0. The second kappa shape index (κ2) is 11.6. The summed E-state index contributed by atoms with van der Waals surface area (Å²) in [5.74, 6) is 4.59. The van der Waals surface area contributed by atoms with Gasteiger partial charge in [-0.1, -0.05) is 68.0 Å². The molecule has 0 aliphatic carbocycles. The monoisotopic (exact) mass is 506 g/mol. The molecule has 0 aliphatic heterocycles. The summed E-state index contributed by atoms with van der Waals surface area (Å²) in [5, 5.41) is 1.15. The van der Waals surface area contributed by atoms with Gasteiger partial charge in [-0.15, -0.1) is 0 Å². The zero-order valence-electron chi connectivity index (χ0n) is 20.6. The lowest BCUT2D eigenvalue weighted by Crippen LogP contribution is -2.08. The summed E-state index contributed by atoms with van der Waals surface area (Å²) in [6.07, 6.45) is 0.399. The summed E-state index contributed by atoms with van der Waals surface area (Å²) in [6, 6.07) is 19.8. The van der Waals surface area contributed by atoms with Gasteiger partial charge < -0.3 is 0 Å². The van der Waals surface area contributed by atoms with Crippen molar-refractivity contribution in [1.29, 1.82) is 0 Å². The number of unbranched alkanes of at least 4 members (excludes halogenated alkanes) is 2. The largest absolute Gasteiger partial charge is 0.419 e. The molecule has 0 aromatic heterocycles. The fourth-order valence-corrected chi connectivity index (χ4v) is 4.31. The standard InChI is InChI=1S/C32H27F5/c1-2-3-4-5-22-6-8-23(9-7-22)10-11-24-13-18-28-27(20-24)17-16-26(31(28)34)15-12-25-14-19-29(30(33)21-25)32(35,36)37/h6-9,13-14,16-21H,2-5,12,15H2,1H3. The molecule has 0 bridgehead atoms. The highest BCUT2D eigenvalue weighted by molar-refractivity contribution is 5.85. The average molecular weight is 507 g/mol. The first-order valence-corrected chi connectivity index (χ1v) is 12.4. The fraction of sp³-hybridized carbons (Fsp3) is 0.250. The predicted molar refractivity (Wildman–Crippen MR) is 138 cm³/mol. The normalized spacial score (nSPS) is 11.4. The van der Waals surface area contributed by atoms with Crippen molar-refractivity contribution in [2.24, 2.45) is 0 Å². The number of fused-ring (bicyclic) bond motifs is 1. The van der Waals surface area contributed by atoms with Crippen LogP contribution in [0.1, 0.15) is 59.6 Å². The maximum absolute atomic E-state index is 15.1. The van der Waals surface area contributed by atoms with E-state index >= 15 is 4.39 Å². The molecule has 0 aliphatic rings. The van der Waals surface area contributed by atoms with E-state index in [1.54, 1.807) is 24.3 Å². The highest BCUT2D eigenvalue weighted by Crippen LogP contribution is 2.32. The minimum atomic E-state index is -4.74. The van der Waals surface area contributed by atoms with Gasteiger partial charge in [0.1, 0.15) is 11.6 Å². The van der Waals surface area contributed by atoms with E-state index in [0.29, 0.717) is 21.9 Å². The third-order valence-corrected chi connectivity index (χ3v) is 6.43. The molecule has 0 N–H and O–H groups in total. The summed E-state index contributed by atoms with van der Waals surface area (Å²) in [4.78, 5) is 0. The third-order valence-electron chi connectivity index (χ3n) is 6.43. The molecule has 0 nitrogen and oxygen atoms in total. The topological polar surface area (TPSA) is 0 Å². The summed E-state index contributed by atoms with van der Waals surface area (Å²) in [6.45, 7) is 2.19. The Kier molecular flexibility index (Phi) is 8.28. The van der Waals surface area contributed by atoms with Crippen LogP contribution in [-0.2, 0) is 25.4 Å². The van der Waals surface area contributed by atoms with Crippen LogP contribution in [0, 0.1) is 23.5 Å². The molecule has 0 heterocycles. The van der Waals surface area contributed by atoms with Gasteiger partial charge in [0.25, 0.3) is 0 Å². The van der Waals surface area contributed by atoms with Gasteiger partial charge in [-0.2, -0.15) is 13.2 Å². The van der Waals surface area contributed by atoms with Crippen molar-refractivity contribution in [2.45, 2.75) is 51.6 Å². The lowest BCUT2D eigenvalue weighted by Gasteiger charge is -2.10. The van der Waals surface area contributed by atoms with Crippen LogP contribution >= 0.6 is 0 Å². The van der Waals surface area contributed by atoms with Gasteiger partial charge in [0.2, 0.25) is 0 Å². The van der Waals surface area contributed by atoms with Crippen LogP contribution in [-0.4, -0.2) is 0 Å². The molecule has 4 rings (SSSR count). The number of benzene rings is 4. The van der Waals surface area contributed by atoms with Crippen LogP contribution in [0.3, 0.4) is 0 Å². The molecule has 0 atom stereocenters.